The Morgan fingerprint density at radius 1 is 1.53 bits per heavy atom. The van der Waals surface area contributed by atoms with Gasteiger partial charge in [-0.2, -0.15) is 0 Å². The Labute approximate surface area is 103 Å². The van der Waals surface area contributed by atoms with Gasteiger partial charge in [0.2, 0.25) is 0 Å². The standard InChI is InChI=1S/C14H21NO2/c1-11(15-10-14-7-4-8-17-14)12-5-3-6-13(9-12)16-2/h3,5-6,9,11,14-15H,4,7-8,10H2,1-2H3/t11-,14?/m1/s1. The van der Waals surface area contributed by atoms with Crippen molar-refractivity contribution >= 4 is 0 Å². The molecule has 0 spiro atoms. The molecule has 94 valence electrons. The topological polar surface area (TPSA) is 30.5 Å². The van der Waals surface area contributed by atoms with E-state index in [4.69, 9.17) is 9.47 Å². The van der Waals surface area contributed by atoms with Crippen molar-refractivity contribution in [1.82, 2.24) is 5.32 Å². The number of benzene rings is 1. The molecule has 2 rings (SSSR count). The summed E-state index contributed by atoms with van der Waals surface area (Å²) in [5.41, 5.74) is 1.25. The highest BCUT2D eigenvalue weighted by molar-refractivity contribution is 5.30. The van der Waals surface area contributed by atoms with Crippen molar-refractivity contribution in [2.75, 3.05) is 20.3 Å². The van der Waals surface area contributed by atoms with Crippen molar-refractivity contribution in [2.45, 2.75) is 31.9 Å². The highest BCUT2D eigenvalue weighted by atomic mass is 16.5. The van der Waals surface area contributed by atoms with Crippen molar-refractivity contribution in [2.24, 2.45) is 0 Å². The maximum Gasteiger partial charge on any atom is 0.119 e. The summed E-state index contributed by atoms with van der Waals surface area (Å²) in [5, 5.41) is 3.51. The molecule has 0 saturated carbocycles. The minimum atomic E-state index is 0.328. The van der Waals surface area contributed by atoms with Crippen molar-refractivity contribution < 1.29 is 9.47 Å². The predicted octanol–water partition coefficient (Wildman–Crippen LogP) is 2.52. The summed E-state index contributed by atoms with van der Waals surface area (Å²) in [7, 11) is 1.70. The quantitative estimate of drug-likeness (QED) is 0.850. The molecule has 1 aromatic rings. The lowest BCUT2D eigenvalue weighted by molar-refractivity contribution is 0.108. The molecule has 1 aromatic carbocycles. The van der Waals surface area contributed by atoms with Gasteiger partial charge in [-0.05, 0) is 37.5 Å². The van der Waals surface area contributed by atoms with Crippen LogP contribution in [0.5, 0.6) is 5.75 Å². The molecule has 3 heteroatoms. The predicted molar refractivity (Wildman–Crippen MR) is 68.4 cm³/mol. The van der Waals surface area contributed by atoms with Crippen LogP contribution in [-0.2, 0) is 4.74 Å². The normalized spacial score (nSPS) is 21.4. The third kappa shape index (κ3) is 3.45. The summed E-state index contributed by atoms with van der Waals surface area (Å²) < 4.78 is 10.8. The van der Waals surface area contributed by atoms with E-state index in [1.807, 2.05) is 12.1 Å². The van der Waals surface area contributed by atoms with E-state index in [1.165, 1.54) is 18.4 Å². The van der Waals surface area contributed by atoms with E-state index in [0.29, 0.717) is 12.1 Å². The van der Waals surface area contributed by atoms with Gasteiger partial charge in [0.05, 0.1) is 13.2 Å². The zero-order valence-corrected chi connectivity index (χ0v) is 10.6. The van der Waals surface area contributed by atoms with E-state index in [0.717, 1.165) is 18.9 Å². The van der Waals surface area contributed by atoms with Crippen LogP contribution in [0.2, 0.25) is 0 Å². The first-order chi connectivity index (χ1) is 8.29. The van der Waals surface area contributed by atoms with Crippen LogP contribution < -0.4 is 10.1 Å². The maximum atomic E-state index is 5.60. The van der Waals surface area contributed by atoms with E-state index in [1.54, 1.807) is 7.11 Å². The van der Waals surface area contributed by atoms with Gasteiger partial charge < -0.3 is 14.8 Å². The molecule has 1 saturated heterocycles. The van der Waals surface area contributed by atoms with E-state index < -0.39 is 0 Å². The summed E-state index contributed by atoms with van der Waals surface area (Å²) in [6.07, 6.45) is 2.76. The van der Waals surface area contributed by atoms with Gasteiger partial charge in [-0.25, -0.2) is 0 Å². The van der Waals surface area contributed by atoms with Gasteiger partial charge in [-0.15, -0.1) is 0 Å². The van der Waals surface area contributed by atoms with Gasteiger partial charge in [-0.3, -0.25) is 0 Å². The Hall–Kier alpha value is -1.06. The first-order valence-corrected chi connectivity index (χ1v) is 6.28. The first-order valence-electron chi connectivity index (χ1n) is 6.28. The van der Waals surface area contributed by atoms with E-state index >= 15 is 0 Å². The zero-order valence-electron chi connectivity index (χ0n) is 10.6. The van der Waals surface area contributed by atoms with Crippen LogP contribution in [0.15, 0.2) is 24.3 Å². The summed E-state index contributed by atoms with van der Waals surface area (Å²) in [6.45, 7) is 4.02. The summed E-state index contributed by atoms with van der Waals surface area (Å²) in [6, 6.07) is 8.52. The molecule has 3 nitrogen and oxygen atoms in total. The van der Waals surface area contributed by atoms with Gasteiger partial charge in [-0.1, -0.05) is 12.1 Å². The van der Waals surface area contributed by atoms with Crippen LogP contribution in [0, 0.1) is 0 Å². The highest BCUT2D eigenvalue weighted by Crippen LogP contribution is 2.19. The maximum absolute atomic E-state index is 5.60. The van der Waals surface area contributed by atoms with Crippen LogP contribution in [0.25, 0.3) is 0 Å². The minimum absolute atomic E-state index is 0.328. The van der Waals surface area contributed by atoms with Gasteiger partial charge in [0.15, 0.2) is 0 Å². The van der Waals surface area contributed by atoms with Crippen LogP contribution in [0.1, 0.15) is 31.4 Å². The molecule has 0 aromatic heterocycles. The number of hydrogen-bond donors (Lipinski definition) is 1. The second-order valence-electron chi connectivity index (χ2n) is 4.54. The van der Waals surface area contributed by atoms with Gasteiger partial charge in [0.1, 0.15) is 5.75 Å². The second kappa shape index (κ2) is 6.03. The third-order valence-corrected chi connectivity index (χ3v) is 3.27. The molecule has 17 heavy (non-hydrogen) atoms. The number of nitrogens with one attached hydrogen (secondary N) is 1. The fourth-order valence-electron chi connectivity index (χ4n) is 2.14. The fourth-order valence-corrected chi connectivity index (χ4v) is 2.14. The van der Waals surface area contributed by atoms with E-state index in [-0.39, 0.29) is 0 Å². The van der Waals surface area contributed by atoms with Crippen molar-refractivity contribution in [3.8, 4) is 5.75 Å². The highest BCUT2D eigenvalue weighted by Gasteiger charge is 2.16. The zero-order chi connectivity index (χ0) is 12.1. The fraction of sp³-hybridized carbons (Fsp3) is 0.571. The molecule has 1 unspecified atom stereocenters. The lowest BCUT2D eigenvalue weighted by Gasteiger charge is -2.17. The monoisotopic (exact) mass is 235 g/mol. The number of methoxy groups -OCH3 is 1. The Bertz CT molecular complexity index is 348. The molecular weight excluding hydrogens is 214 g/mol. The lowest BCUT2D eigenvalue weighted by atomic mass is 10.1. The van der Waals surface area contributed by atoms with Gasteiger partial charge >= 0.3 is 0 Å². The largest absolute Gasteiger partial charge is 0.497 e. The SMILES string of the molecule is COc1cccc([C@@H](C)NCC2CCCO2)c1. The van der Waals surface area contributed by atoms with Crippen molar-refractivity contribution in [1.29, 1.82) is 0 Å². The third-order valence-electron chi connectivity index (χ3n) is 3.27. The van der Waals surface area contributed by atoms with Crippen LogP contribution in [-0.4, -0.2) is 26.4 Å². The van der Waals surface area contributed by atoms with Gasteiger partial charge in [0, 0.05) is 19.2 Å². The molecule has 0 bridgehead atoms. The molecule has 1 N–H and O–H groups in total. The summed E-state index contributed by atoms with van der Waals surface area (Å²) >= 11 is 0. The Kier molecular flexibility index (Phi) is 4.40. The summed E-state index contributed by atoms with van der Waals surface area (Å²) in [5.74, 6) is 0.910. The molecule has 0 aliphatic carbocycles. The van der Waals surface area contributed by atoms with E-state index in [2.05, 4.69) is 24.4 Å². The number of rotatable bonds is 5. The van der Waals surface area contributed by atoms with Crippen LogP contribution in [0.3, 0.4) is 0 Å². The van der Waals surface area contributed by atoms with Crippen LogP contribution >= 0.6 is 0 Å². The molecule has 2 atom stereocenters. The Balaban J connectivity index is 1.87. The molecule has 0 amide bonds. The van der Waals surface area contributed by atoms with Crippen molar-refractivity contribution in [3.05, 3.63) is 29.8 Å². The Morgan fingerprint density at radius 3 is 3.12 bits per heavy atom. The smallest absolute Gasteiger partial charge is 0.119 e. The Morgan fingerprint density at radius 2 is 2.41 bits per heavy atom. The average Bonchev–Trinajstić information content (AvgIpc) is 2.89. The molecule has 1 aliphatic rings. The first kappa shape index (κ1) is 12.4. The summed E-state index contributed by atoms with van der Waals surface area (Å²) in [4.78, 5) is 0. The van der Waals surface area contributed by atoms with Gasteiger partial charge in [0.25, 0.3) is 0 Å². The number of ether oxygens (including phenoxy) is 2. The molecule has 1 aliphatic heterocycles. The number of hydrogen-bond acceptors (Lipinski definition) is 3. The lowest BCUT2D eigenvalue weighted by Crippen LogP contribution is -2.28. The second-order valence-corrected chi connectivity index (χ2v) is 4.54. The molecule has 1 heterocycles. The van der Waals surface area contributed by atoms with E-state index in [9.17, 15) is 0 Å². The minimum Gasteiger partial charge on any atom is -0.497 e. The van der Waals surface area contributed by atoms with Crippen molar-refractivity contribution in [3.63, 3.8) is 0 Å². The molecule has 1 fully saturated rings. The molecular formula is C14H21NO2. The average molecular weight is 235 g/mol. The van der Waals surface area contributed by atoms with Crippen LogP contribution in [0.4, 0.5) is 0 Å². The molecule has 0 radical (unpaired) electrons.